The third-order valence-corrected chi connectivity index (χ3v) is 2.35. The Morgan fingerprint density at radius 1 is 1.13 bits per heavy atom. The van der Waals surface area contributed by atoms with Crippen LogP contribution >= 0.6 is 0 Å². The minimum absolute atomic E-state index is 0.527. The third-order valence-electron chi connectivity index (χ3n) is 2.35. The molecule has 0 aliphatic heterocycles. The van der Waals surface area contributed by atoms with E-state index in [-0.39, 0.29) is 0 Å². The molecular formula is C13H13N2. The predicted octanol–water partition coefficient (Wildman–Crippen LogP) is 2.19. The Balaban J connectivity index is 2.53. The average molecular weight is 197 g/mol. The highest BCUT2D eigenvalue weighted by atomic mass is 14.5. The molecule has 0 saturated carbocycles. The van der Waals surface area contributed by atoms with Gasteiger partial charge in [-0.05, 0) is 34.9 Å². The highest BCUT2D eigenvalue weighted by Gasteiger charge is 2.02. The van der Waals surface area contributed by atoms with Crippen LogP contribution in [-0.4, -0.2) is 0 Å². The fourth-order valence-electron chi connectivity index (χ4n) is 1.60. The van der Waals surface area contributed by atoms with Gasteiger partial charge >= 0.3 is 0 Å². The second kappa shape index (κ2) is 4.15. The summed E-state index contributed by atoms with van der Waals surface area (Å²) in [5, 5.41) is 0. The van der Waals surface area contributed by atoms with Crippen molar-refractivity contribution in [2.75, 3.05) is 5.73 Å². The number of nitrogen functional groups attached to an aromatic ring is 1. The molecule has 2 aromatic rings. The van der Waals surface area contributed by atoms with Crippen LogP contribution in [0.5, 0.6) is 0 Å². The largest absolute Gasteiger partial charge is 0.399 e. The van der Waals surface area contributed by atoms with Crippen LogP contribution in [0.3, 0.4) is 0 Å². The quantitative estimate of drug-likeness (QED) is 0.725. The zero-order chi connectivity index (χ0) is 10.7. The van der Waals surface area contributed by atoms with Crippen LogP contribution in [0, 0.1) is 6.07 Å². The monoisotopic (exact) mass is 197 g/mol. The van der Waals surface area contributed by atoms with E-state index in [9.17, 15) is 0 Å². The molecule has 2 heteroatoms. The minimum atomic E-state index is 0.527. The van der Waals surface area contributed by atoms with Crippen molar-refractivity contribution < 1.29 is 0 Å². The second-order valence-corrected chi connectivity index (χ2v) is 3.40. The molecule has 0 fully saturated rings. The zero-order valence-corrected chi connectivity index (χ0v) is 8.40. The van der Waals surface area contributed by atoms with Crippen molar-refractivity contribution in [2.24, 2.45) is 5.73 Å². The van der Waals surface area contributed by atoms with Crippen LogP contribution in [0.15, 0.2) is 42.5 Å². The number of nitrogens with two attached hydrogens (primary N) is 2. The van der Waals surface area contributed by atoms with Crippen molar-refractivity contribution in [3.63, 3.8) is 0 Å². The van der Waals surface area contributed by atoms with Crippen molar-refractivity contribution in [1.82, 2.24) is 0 Å². The maximum absolute atomic E-state index is 5.74. The zero-order valence-electron chi connectivity index (χ0n) is 8.40. The number of hydrogen-bond acceptors (Lipinski definition) is 2. The summed E-state index contributed by atoms with van der Waals surface area (Å²) in [5.41, 5.74) is 15.4. The van der Waals surface area contributed by atoms with Gasteiger partial charge in [-0.3, -0.25) is 0 Å². The topological polar surface area (TPSA) is 52.0 Å². The van der Waals surface area contributed by atoms with Crippen LogP contribution in [0.1, 0.15) is 5.56 Å². The summed E-state index contributed by atoms with van der Waals surface area (Å²) >= 11 is 0. The van der Waals surface area contributed by atoms with Crippen molar-refractivity contribution in [2.45, 2.75) is 6.54 Å². The van der Waals surface area contributed by atoms with Gasteiger partial charge in [0.25, 0.3) is 0 Å². The van der Waals surface area contributed by atoms with Crippen molar-refractivity contribution in [3.05, 3.63) is 54.1 Å². The molecular weight excluding hydrogens is 184 g/mol. The molecule has 0 aliphatic rings. The van der Waals surface area contributed by atoms with Crippen molar-refractivity contribution in [1.29, 1.82) is 0 Å². The summed E-state index contributed by atoms with van der Waals surface area (Å²) in [4.78, 5) is 0. The van der Waals surface area contributed by atoms with Crippen LogP contribution < -0.4 is 11.5 Å². The summed E-state index contributed by atoms with van der Waals surface area (Å²) in [6, 6.07) is 16.8. The molecule has 0 aliphatic carbocycles. The summed E-state index contributed by atoms with van der Waals surface area (Å²) in [6.07, 6.45) is 0. The summed E-state index contributed by atoms with van der Waals surface area (Å²) in [7, 11) is 0. The molecule has 2 rings (SSSR count). The lowest BCUT2D eigenvalue weighted by Crippen LogP contribution is -1.98. The normalized spacial score (nSPS) is 10.2. The first-order chi connectivity index (χ1) is 7.31. The first-order valence-electron chi connectivity index (χ1n) is 4.87. The molecule has 1 radical (unpaired) electrons. The van der Waals surface area contributed by atoms with Gasteiger partial charge in [-0.2, -0.15) is 0 Å². The van der Waals surface area contributed by atoms with Gasteiger partial charge in [-0.15, -0.1) is 0 Å². The predicted molar refractivity (Wildman–Crippen MR) is 63.0 cm³/mol. The van der Waals surface area contributed by atoms with Gasteiger partial charge in [0, 0.05) is 12.2 Å². The van der Waals surface area contributed by atoms with E-state index in [4.69, 9.17) is 11.5 Å². The SMILES string of the molecule is NCc1ccccc1-c1[c]ccc(N)c1. The van der Waals surface area contributed by atoms with E-state index in [0.29, 0.717) is 6.54 Å². The molecule has 0 amide bonds. The first kappa shape index (κ1) is 9.74. The highest BCUT2D eigenvalue weighted by Crippen LogP contribution is 2.24. The van der Waals surface area contributed by atoms with E-state index in [0.717, 1.165) is 22.4 Å². The van der Waals surface area contributed by atoms with Crippen LogP contribution in [0.2, 0.25) is 0 Å². The first-order valence-corrected chi connectivity index (χ1v) is 4.87. The number of benzene rings is 2. The molecule has 2 aromatic carbocycles. The Morgan fingerprint density at radius 2 is 1.93 bits per heavy atom. The van der Waals surface area contributed by atoms with E-state index in [2.05, 4.69) is 6.07 Å². The lowest BCUT2D eigenvalue weighted by atomic mass is 9.99. The van der Waals surface area contributed by atoms with E-state index < -0.39 is 0 Å². The summed E-state index contributed by atoms with van der Waals surface area (Å²) in [6.45, 7) is 0.527. The standard InChI is InChI=1S/C13H13N2/c14-9-11-4-1-2-7-13(11)10-5-3-6-12(15)8-10/h1-4,6-8H,9,14-15H2. The molecule has 75 valence electrons. The molecule has 0 saturated heterocycles. The van der Waals surface area contributed by atoms with Crippen LogP contribution in [0.4, 0.5) is 5.69 Å². The van der Waals surface area contributed by atoms with Gasteiger partial charge in [0.1, 0.15) is 0 Å². The summed E-state index contributed by atoms with van der Waals surface area (Å²) < 4.78 is 0. The number of anilines is 1. The van der Waals surface area contributed by atoms with Crippen molar-refractivity contribution >= 4 is 5.69 Å². The summed E-state index contributed by atoms with van der Waals surface area (Å²) in [5.74, 6) is 0. The lowest BCUT2D eigenvalue weighted by molar-refractivity contribution is 1.07. The fourth-order valence-corrected chi connectivity index (χ4v) is 1.60. The van der Waals surface area contributed by atoms with E-state index in [1.54, 1.807) is 0 Å². The Bertz CT molecular complexity index is 464. The number of rotatable bonds is 2. The van der Waals surface area contributed by atoms with Gasteiger partial charge in [0.15, 0.2) is 0 Å². The Hall–Kier alpha value is -1.80. The van der Waals surface area contributed by atoms with E-state index in [1.165, 1.54) is 0 Å². The molecule has 4 N–H and O–H groups in total. The highest BCUT2D eigenvalue weighted by molar-refractivity contribution is 5.69. The third kappa shape index (κ3) is 2.00. The maximum atomic E-state index is 5.74. The molecule has 0 heterocycles. The van der Waals surface area contributed by atoms with E-state index >= 15 is 0 Å². The van der Waals surface area contributed by atoms with Gasteiger partial charge in [-0.1, -0.05) is 30.3 Å². The van der Waals surface area contributed by atoms with Gasteiger partial charge in [0.05, 0.1) is 0 Å². The Morgan fingerprint density at radius 3 is 2.67 bits per heavy atom. The van der Waals surface area contributed by atoms with E-state index in [1.807, 2.05) is 42.5 Å². The van der Waals surface area contributed by atoms with Gasteiger partial charge in [0.2, 0.25) is 0 Å². The molecule has 0 aromatic heterocycles. The van der Waals surface area contributed by atoms with Gasteiger partial charge in [-0.25, -0.2) is 0 Å². The molecule has 0 bridgehead atoms. The Kier molecular flexibility index (Phi) is 2.70. The maximum Gasteiger partial charge on any atom is 0.0320 e. The second-order valence-electron chi connectivity index (χ2n) is 3.40. The van der Waals surface area contributed by atoms with Crippen LogP contribution in [-0.2, 0) is 6.54 Å². The van der Waals surface area contributed by atoms with Crippen molar-refractivity contribution in [3.8, 4) is 11.1 Å². The lowest BCUT2D eigenvalue weighted by Gasteiger charge is -2.07. The number of hydrogen-bond donors (Lipinski definition) is 2. The van der Waals surface area contributed by atoms with Crippen LogP contribution in [0.25, 0.3) is 11.1 Å². The molecule has 0 atom stereocenters. The molecule has 0 unspecified atom stereocenters. The smallest absolute Gasteiger partial charge is 0.0320 e. The van der Waals surface area contributed by atoms with Gasteiger partial charge < -0.3 is 11.5 Å². The Labute approximate surface area is 89.5 Å². The molecule has 2 nitrogen and oxygen atoms in total. The average Bonchev–Trinajstić information content (AvgIpc) is 2.29. The fraction of sp³-hybridized carbons (Fsp3) is 0.0769. The minimum Gasteiger partial charge on any atom is -0.399 e. The molecule has 15 heavy (non-hydrogen) atoms. The molecule has 0 spiro atoms.